The number of ether oxygens (including phenoxy) is 1. The minimum atomic E-state index is -5.45. The highest BCUT2D eigenvalue weighted by molar-refractivity contribution is 6.22. The molecule has 1 N–H and O–H groups in total. The summed E-state index contributed by atoms with van der Waals surface area (Å²) in [6.45, 7) is 0. The van der Waals surface area contributed by atoms with E-state index < -0.39 is 41.3 Å². The molecule has 0 radical (unpaired) electrons. The van der Waals surface area contributed by atoms with E-state index in [1.807, 2.05) is 0 Å². The molecular formula is C9H10ClF6NO. The maximum Gasteiger partial charge on any atom is 0.415 e. The van der Waals surface area contributed by atoms with Crippen molar-refractivity contribution in [3.8, 4) is 0 Å². The second kappa shape index (κ2) is 3.89. The summed E-state index contributed by atoms with van der Waals surface area (Å²) >= 11 is 5.70. The molecule has 1 saturated carbocycles. The SMILES string of the molecule is CO[C@H]1C[C@H]2[C@H](Cl)[C@H]1NC2(C(F)(F)F)C(F)(F)F. The summed E-state index contributed by atoms with van der Waals surface area (Å²) in [5.41, 5.74) is -3.92. The molecule has 0 aromatic carbocycles. The molecule has 4 atom stereocenters. The largest absolute Gasteiger partial charge is 0.415 e. The lowest BCUT2D eigenvalue weighted by atomic mass is 9.82. The molecule has 0 aromatic heterocycles. The van der Waals surface area contributed by atoms with Crippen molar-refractivity contribution in [2.45, 2.75) is 41.8 Å². The Morgan fingerprint density at radius 3 is 1.94 bits per heavy atom. The highest BCUT2D eigenvalue weighted by Crippen LogP contribution is 2.58. The average molecular weight is 298 g/mol. The molecule has 1 heterocycles. The van der Waals surface area contributed by atoms with E-state index in [-0.39, 0.29) is 6.42 Å². The number of hydrogen-bond donors (Lipinski definition) is 1. The number of halogens is 7. The minimum Gasteiger partial charge on any atom is -0.380 e. The molecule has 18 heavy (non-hydrogen) atoms. The molecule has 2 nitrogen and oxygen atoms in total. The second-order valence-electron chi connectivity index (χ2n) is 4.53. The van der Waals surface area contributed by atoms with E-state index in [1.54, 1.807) is 5.32 Å². The predicted octanol–water partition coefficient (Wildman–Crippen LogP) is 2.46. The van der Waals surface area contributed by atoms with Gasteiger partial charge in [0.15, 0.2) is 0 Å². The van der Waals surface area contributed by atoms with E-state index in [0.29, 0.717) is 0 Å². The molecule has 1 aliphatic heterocycles. The van der Waals surface area contributed by atoms with Crippen molar-refractivity contribution in [2.75, 3.05) is 7.11 Å². The first-order chi connectivity index (χ1) is 8.06. The maximum atomic E-state index is 12.9. The molecule has 1 saturated heterocycles. The van der Waals surface area contributed by atoms with E-state index in [1.165, 1.54) is 7.11 Å². The molecular weight excluding hydrogens is 288 g/mol. The van der Waals surface area contributed by atoms with E-state index in [0.717, 1.165) is 0 Å². The number of fused-ring (bicyclic) bond motifs is 2. The van der Waals surface area contributed by atoms with Gasteiger partial charge in [0.2, 0.25) is 5.54 Å². The molecule has 106 valence electrons. The smallest absolute Gasteiger partial charge is 0.380 e. The van der Waals surface area contributed by atoms with Crippen LogP contribution in [0.5, 0.6) is 0 Å². The molecule has 0 unspecified atom stereocenters. The van der Waals surface area contributed by atoms with Gasteiger partial charge in [-0.15, -0.1) is 11.6 Å². The topological polar surface area (TPSA) is 21.3 Å². The van der Waals surface area contributed by atoms with Crippen molar-refractivity contribution in [3.63, 3.8) is 0 Å². The maximum absolute atomic E-state index is 12.9. The second-order valence-corrected chi connectivity index (χ2v) is 5.04. The van der Waals surface area contributed by atoms with E-state index in [9.17, 15) is 26.3 Å². The summed E-state index contributed by atoms with van der Waals surface area (Å²) < 4.78 is 82.2. The molecule has 0 aromatic rings. The van der Waals surface area contributed by atoms with Gasteiger partial charge in [0.25, 0.3) is 0 Å². The molecule has 2 aliphatic rings. The van der Waals surface area contributed by atoms with Crippen LogP contribution >= 0.6 is 11.6 Å². The highest BCUT2D eigenvalue weighted by atomic mass is 35.5. The lowest BCUT2D eigenvalue weighted by molar-refractivity contribution is -0.321. The van der Waals surface area contributed by atoms with Crippen LogP contribution in [-0.2, 0) is 4.74 Å². The van der Waals surface area contributed by atoms with Gasteiger partial charge < -0.3 is 4.74 Å². The van der Waals surface area contributed by atoms with Gasteiger partial charge in [0.1, 0.15) is 0 Å². The molecule has 2 rings (SSSR count). The van der Waals surface area contributed by atoms with Gasteiger partial charge in [-0.1, -0.05) is 0 Å². The molecule has 1 aliphatic carbocycles. The zero-order valence-corrected chi connectivity index (χ0v) is 9.83. The number of nitrogens with one attached hydrogen (secondary N) is 1. The van der Waals surface area contributed by atoms with Crippen LogP contribution in [0.1, 0.15) is 6.42 Å². The molecule has 2 bridgehead atoms. The van der Waals surface area contributed by atoms with Crippen molar-refractivity contribution < 1.29 is 31.1 Å². The van der Waals surface area contributed by atoms with Crippen molar-refractivity contribution in [1.29, 1.82) is 0 Å². The first-order valence-corrected chi connectivity index (χ1v) is 5.58. The van der Waals surface area contributed by atoms with Crippen LogP contribution in [0, 0.1) is 5.92 Å². The van der Waals surface area contributed by atoms with E-state index in [2.05, 4.69) is 0 Å². The Morgan fingerprint density at radius 1 is 1.17 bits per heavy atom. The Balaban J connectivity index is 2.44. The van der Waals surface area contributed by atoms with Crippen LogP contribution in [0.4, 0.5) is 26.3 Å². The van der Waals surface area contributed by atoms with Gasteiger partial charge in [-0.2, -0.15) is 26.3 Å². The normalized spacial score (nSPS) is 39.3. The number of hydrogen-bond acceptors (Lipinski definition) is 2. The highest BCUT2D eigenvalue weighted by Gasteiger charge is 2.81. The van der Waals surface area contributed by atoms with Gasteiger partial charge in [0, 0.05) is 13.0 Å². The Bertz CT molecular complexity index is 329. The summed E-state index contributed by atoms with van der Waals surface area (Å²) in [7, 11) is 1.24. The Morgan fingerprint density at radius 2 is 1.67 bits per heavy atom. The van der Waals surface area contributed by atoms with Gasteiger partial charge in [-0.3, -0.25) is 5.32 Å². The third-order valence-corrected chi connectivity index (χ3v) is 4.34. The standard InChI is InChI=1S/C9H10ClF6NO/c1-18-4-2-3-5(10)6(4)17-7(3,8(11,12)13)9(14,15)16/h3-6,17H,2H2,1H3/t3-,4-,5-,6-/m0/s1. The summed E-state index contributed by atoms with van der Waals surface area (Å²) in [4.78, 5) is 0. The number of piperidine rings is 1. The molecule has 9 heteroatoms. The van der Waals surface area contributed by atoms with Gasteiger partial charge in [0.05, 0.1) is 17.5 Å². The van der Waals surface area contributed by atoms with Crippen molar-refractivity contribution in [2.24, 2.45) is 5.92 Å². The Hall–Kier alpha value is -0.210. The lowest BCUT2D eigenvalue weighted by Crippen LogP contribution is -2.70. The van der Waals surface area contributed by atoms with Gasteiger partial charge in [-0.25, -0.2) is 0 Å². The number of methoxy groups -OCH3 is 1. The monoisotopic (exact) mass is 297 g/mol. The lowest BCUT2D eigenvalue weighted by Gasteiger charge is -2.42. The van der Waals surface area contributed by atoms with Crippen LogP contribution < -0.4 is 5.32 Å². The van der Waals surface area contributed by atoms with Crippen LogP contribution in [0.3, 0.4) is 0 Å². The first-order valence-electron chi connectivity index (χ1n) is 5.14. The quantitative estimate of drug-likeness (QED) is 0.593. The predicted molar refractivity (Wildman–Crippen MR) is 50.3 cm³/mol. The van der Waals surface area contributed by atoms with Crippen molar-refractivity contribution >= 4 is 11.6 Å². The molecule has 0 amide bonds. The summed E-state index contributed by atoms with van der Waals surface area (Å²) in [6, 6.07) is -1.15. The van der Waals surface area contributed by atoms with Crippen molar-refractivity contribution in [1.82, 2.24) is 5.32 Å². The Kier molecular flexibility index (Phi) is 3.07. The van der Waals surface area contributed by atoms with Crippen LogP contribution in [0.15, 0.2) is 0 Å². The first kappa shape index (κ1) is 14.2. The number of rotatable bonds is 1. The van der Waals surface area contributed by atoms with E-state index >= 15 is 0 Å². The fraction of sp³-hybridized carbons (Fsp3) is 1.00. The summed E-state index contributed by atoms with van der Waals surface area (Å²) in [5, 5.41) is 0.376. The molecule has 0 spiro atoms. The van der Waals surface area contributed by atoms with Crippen LogP contribution in [0.25, 0.3) is 0 Å². The summed E-state index contributed by atoms with van der Waals surface area (Å²) in [5.74, 6) is -1.77. The fourth-order valence-electron chi connectivity index (χ4n) is 2.93. The minimum absolute atomic E-state index is 0.360. The number of alkyl halides is 7. The fourth-order valence-corrected chi connectivity index (χ4v) is 3.45. The van der Waals surface area contributed by atoms with Crippen LogP contribution in [0.2, 0.25) is 0 Å². The Labute approximate surface area is 104 Å². The zero-order valence-electron chi connectivity index (χ0n) is 9.07. The average Bonchev–Trinajstić information content (AvgIpc) is 2.67. The van der Waals surface area contributed by atoms with Gasteiger partial charge >= 0.3 is 12.4 Å². The summed E-state index contributed by atoms with van der Waals surface area (Å²) in [6.07, 6.45) is -12.0. The molecule has 2 fully saturated rings. The van der Waals surface area contributed by atoms with Crippen LogP contribution in [-0.4, -0.2) is 42.5 Å². The third-order valence-electron chi connectivity index (χ3n) is 3.76. The van der Waals surface area contributed by atoms with Gasteiger partial charge in [-0.05, 0) is 6.42 Å². The zero-order chi connectivity index (χ0) is 13.9. The third kappa shape index (κ3) is 1.58. The van der Waals surface area contributed by atoms with E-state index in [4.69, 9.17) is 16.3 Å². The van der Waals surface area contributed by atoms with Crippen molar-refractivity contribution in [3.05, 3.63) is 0 Å².